The number of nitrogens with one attached hydrogen (secondary N) is 6. The minimum Gasteiger partial charge on any atom is -0.367 e. The van der Waals surface area contributed by atoms with Crippen molar-refractivity contribution in [1.29, 1.82) is 15.8 Å². The van der Waals surface area contributed by atoms with Crippen molar-refractivity contribution >= 4 is 52.4 Å². The lowest BCUT2D eigenvalue weighted by Gasteiger charge is -2.19. The molecule has 440 valence electrons. The van der Waals surface area contributed by atoms with Crippen molar-refractivity contribution in [3.63, 3.8) is 0 Å². The maximum absolute atomic E-state index is 14.0. The number of rotatable bonds is 18. The number of alkyl halides is 6. The van der Waals surface area contributed by atoms with Crippen molar-refractivity contribution in [3.8, 4) is 18.2 Å². The number of aryl methyl sites for hydroxylation is 1. The standard InChI is InChI=1S/C19H23F2N7.2C18H21F2N7.CH4/c1-11-13(9-28(27-11)14-7-17(14,2)10-22)24-16-23-8-12(19(4,20)21)15(25-16)26-18(3)5-6-18;2*1-10-13(8-23-27(10)14-6-17(14,2)9-21)25-16-22-7-12(18(3,19)20)15(26-16)24-11-4-5-11;/h8-9,14H,5-7H2,1-4H3,(H2,23,24,25,26);2*7-8,11,14H,4-6H2,1-3H3,(H2,22,24,25,26);1H4/t3*14?,17-;/m010./s1. The molecule has 6 saturated carbocycles. The van der Waals surface area contributed by atoms with Gasteiger partial charge in [-0.1, -0.05) is 7.43 Å². The topological polar surface area (TPSA) is 274 Å². The molecule has 6 atom stereocenters. The average Bonchev–Trinajstić information content (AvgIpc) is 2.34. The van der Waals surface area contributed by atoms with Gasteiger partial charge in [-0.25, -0.2) is 41.3 Å². The van der Waals surface area contributed by atoms with E-state index in [-0.39, 0.29) is 106 Å². The second kappa shape index (κ2) is 21.2. The van der Waals surface area contributed by atoms with Gasteiger partial charge in [-0.3, -0.25) is 14.0 Å². The lowest BCUT2D eigenvalue weighted by Crippen LogP contribution is -2.22. The van der Waals surface area contributed by atoms with E-state index in [1.54, 1.807) is 17.1 Å². The fourth-order valence-electron chi connectivity index (χ4n) is 9.38. The highest BCUT2D eigenvalue weighted by Gasteiger charge is 2.55. The molecule has 12 rings (SSSR count). The Balaban J connectivity index is 0.000000149. The van der Waals surface area contributed by atoms with Crippen LogP contribution in [0.2, 0.25) is 0 Å². The Bertz CT molecular complexity index is 3390. The van der Waals surface area contributed by atoms with E-state index in [2.05, 4.69) is 95.3 Å². The smallest absolute Gasteiger partial charge is 0.275 e. The summed E-state index contributed by atoms with van der Waals surface area (Å²) in [7, 11) is 0. The second-order valence-corrected chi connectivity index (χ2v) is 24.0. The van der Waals surface area contributed by atoms with Crippen LogP contribution < -0.4 is 31.9 Å². The molecule has 0 amide bonds. The molecular weight excluding hydrogens is 1080 g/mol. The number of hydrogen-bond donors (Lipinski definition) is 6. The van der Waals surface area contributed by atoms with Gasteiger partial charge in [0, 0.05) is 63.2 Å². The van der Waals surface area contributed by atoms with E-state index < -0.39 is 23.2 Å². The molecule has 0 aliphatic heterocycles. The second-order valence-electron chi connectivity index (χ2n) is 24.0. The molecule has 27 heteroatoms. The van der Waals surface area contributed by atoms with Gasteiger partial charge in [0.1, 0.15) is 17.5 Å². The fraction of sp³-hybridized carbons (Fsp3) is 0.571. The van der Waals surface area contributed by atoms with Crippen LogP contribution in [0.4, 0.5) is 78.7 Å². The molecule has 0 spiro atoms. The number of halogens is 6. The van der Waals surface area contributed by atoms with Crippen LogP contribution in [0.3, 0.4) is 0 Å². The molecule has 0 saturated heterocycles. The van der Waals surface area contributed by atoms with Crippen molar-refractivity contribution < 1.29 is 26.3 Å². The molecule has 6 aliphatic carbocycles. The Morgan fingerprint density at radius 2 is 0.904 bits per heavy atom. The van der Waals surface area contributed by atoms with Crippen LogP contribution in [0, 0.1) is 71.0 Å². The van der Waals surface area contributed by atoms with Crippen LogP contribution in [-0.4, -0.2) is 76.9 Å². The highest BCUT2D eigenvalue weighted by atomic mass is 19.3. The van der Waals surface area contributed by atoms with E-state index in [9.17, 15) is 42.1 Å². The van der Waals surface area contributed by atoms with Crippen LogP contribution in [0.5, 0.6) is 0 Å². The zero-order valence-corrected chi connectivity index (χ0v) is 47.2. The molecule has 0 radical (unpaired) electrons. The first-order chi connectivity index (χ1) is 38.4. The van der Waals surface area contributed by atoms with Gasteiger partial charge in [0.05, 0.1) is 116 Å². The monoisotopic (exact) mass is 1150 g/mol. The van der Waals surface area contributed by atoms with Gasteiger partial charge >= 0.3 is 0 Å². The SMILES string of the molecule is C.Cc1c(Nc2ncc(C(C)(F)F)c(NC3CC3)n2)cnn1C1C[C@@]1(C)C#N.Cc1c(Nc2ncc(C(C)(F)F)c(NC3CC3)n2)cnn1C1C[C@]1(C)C#N.Cc1nn(C2C[C@@]2(C)C#N)cc1Nc1ncc(C(C)(F)F)c(NC2(C)CC2)n1. The van der Waals surface area contributed by atoms with Gasteiger partial charge in [0.2, 0.25) is 17.8 Å². The number of anilines is 9. The quantitative estimate of drug-likeness (QED) is 0.0436. The average molecular weight is 1150 g/mol. The van der Waals surface area contributed by atoms with Gasteiger partial charge < -0.3 is 31.9 Å². The first-order valence-electron chi connectivity index (χ1n) is 27.2. The summed E-state index contributed by atoms with van der Waals surface area (Å²) in [5.74, 6) is -7.94. The van der Waals surface area contributed by atoms with Gasteiger partial charge in [-0.2, -0.15) is 46.0 Å². The van der Waals surface area contributed by atoms with Crippen molar-refractivity contribution in [1.82, 2.24) is 59.2 Å². The zero-order valence-electron chi connectivity index (χ0n) is 47.2. The summed E-state index contributed by atoms with van der Waals surface area (Å²) in [6.07, 6.45) is 16.5. The molecule has 83 heavy (non-hydrogen) atoms. The summed E-state index contributed by atoms with van der Waals surface area (Å²) in [6.45, 7) is 15.9. The molecule has 6 heterocycles. The zero-order chi connectivity index (χ0) is 59.1. The van der Waals surface area contributed by atoms with Gasteiger partial charge in [0.25, 0.3) is 17.8 Å². The lowest BCUT2D eigenvalue weighted by molar-refractivity contribution is 0.0168. The van der Waals surface area contributed by atoms with Crippen LogP contribution in [0.1, 0.15) is 166 Å². The molecule has 0 aromatic carbocycles. The predicted molar refractivity (Wildman–Crippen MR) is 299 cm³/mol. The van der Waals surface area contributed by atoms with E-state index in [1.807, 2.05) is 64.0 Å². The summed E-state index contributed by atoms with van der Waals surface area (Å²) >= 11 is 0. The largest absolute Gasteiger partial charge is 0.367 e. The van der Waals surface area contributed by atoms with E-state index in [1.165, 1.54) is 0 Å². The maximum atomic E-state index is 14.0. The summed E-state index contributed by atoms with van der Waals surface area (Å²) < 4.78 is 88.7. The van der Waals surface area contributed by atoms with Crippen molar-refractivity contribution in [2.75, 3.05) is 31.9 Å². The molecule has 3 unspecified atom stereocenters. The third-order valence-electron chi connectivity index (χ3n) is 16.0. The molecule has 6 aromatic heterocycles. The summed E-state index contributed by atoms with van der Waals surface area (Å²) in [4.78, 5) is 25.0. The van der Waals surface area contributed by atoms with Crippen molar-refractivity contribution in [3.05, 3.63) is 71.0 Å². The Labute approximate surface area is 477 Å². The molecular formula is C56H69F6N21. The van der Waals surface area contributed by atoms with Crippen LogP contribution in [0.15, 0.2) is 37.2 Å². The lowest BCUT2D eigenvalue weighted by atomic mass is 10.1. The van der Waals surface area contributed by atoms with Crippen molar-refractivity contribution in [2.24, 2.45) is 16.2 Å². The predicted octanol–water partition coefficient (Wildman–Crippen LogP) is 12.7. The molecule has 6 aromatic rings. The Morgan fingerprint density at radius 3 is 1.25 bits per heavy atom. The normalized spacial score (nSPS) is 24.3. The highest BCUT2D eigenvalue weighted by Crippen LogP contribution is 2.57. The van der Waals surface area contributed by atoms with E-state index in [4.69, 9.17) is 0 Å². The molecule has 6 N–H and O–H groups in total. The molecule has 6 fully saturated rings. The van der Waals surface area contributed by atoms with Crippen LogP contribution >= 0.6 is 0 Å². The highest BCUT2D eigenvalue weighted by molar-refractivity contribution is 5.62. The Hall–Kier alpha value is -8.28. The summed E-state index contributed by atoms with van der Waals surface area (Å²) in [6, 6.07) is 7.47. The number of nitrogens with zero attached hydrogens (tertiary/aromatic N) is 15. The maximum Gasteiger partial charge on any atom is 0.275 e. The first kappa shape index (κ1) is 59.3. The fourth-order valence-corrected chi connectivity index (χ4v) is 9.38. The third kappa shape index (κ3) is 13.0. The molecule has 0 bridgehead atoms. The summed E-state index contributed by atoms with van der Waals surface area (Å²) in [5, 5.41) is 59.3. The number of nitriles is 3. The van der Waals surface area contributed by atoms with Crippen LogP contribution in [0.25, 0.3) is 0 Å². The van der Waals surface area contributed by atoms with Gasteiger partial charge in [-0.15, -0.1) is 0 Å². The van der Waals surface area contributed by atoms with E-state index >= 15 is 0 Å². The summed E-state index contributed by atoms with van der Waals surface area (Å²) in [5.41, 5.74) is 2.49. The van der Waals surface area contributed by atoms with Crippen LogP contribution in [-0.2, 0) is 17.8 Å². The van der Waals surface area contributed by atoms with Gasteiger partial charge in [0.15, 0.2) is 0 Å². The minimum atomic E-state index is -3.04. The Kier molecular flexibility index (Phi) is 15.1. The minimum absolute atomic E-state index is 0. The number of aromatic nitrogens is 12. The third-order valence-corrected chi connectivity index (χ3v) is 16.0. The molecule has 21 nitrogen and oxygen atoms in total. The van der Waals surface area contributed by atoms with Crippen molar-refractivity contribution in [2.45, 2.75) is 188 Å². The van der Waals surface area contributed by atoms with E-state index in [0.717, 1.165) is 114 Å². The first-order valence-corrected chi connectivity index (χ1v) is 27.2. The Morgan fingerprint density at radius 1 is 0.542 bits per heavy atom. The molecule has 6 aliphatic rings. The van der Waals surface area contributed by atoms with Gasteiger partial charge in [-0.05, 0) is 106 Å². The van der Waals surface area contributed by atoms with E-state index in [0.29, 0.717) is 17.1 Å². The number of hydrogen-bond acceptors (Lipinski definition) is 18.